The number of likely N-dealkylation sites (tertiary alicyclic amines) is 3. The first-order valence-electron chi connectivity index (χ1n) is 11.9. The largest absolute Gasteiger partial charge is 0.357 e. The first kappa shape index (κ1) is 29.3. The Hall–Kier alpha value is 1.77. The van der Waals surface area contributed by atoms with E-state index in [1.54, 1.807) is 21.6 Å². The number of hydrogen-bond acceptors (Lipinski definition) is 9. The Morgan fingerprint density at radius 3 is 1.21 bits per heavy atom. The van der Waals surface area contributed by atoms with Crippen LogP contribution in [0.1, 0.15) is 57.8 Å². The summed E-state index contributed by atoms with van der Waals surface area (Å²) in [6.45, 7) is 6.77. The summed E-state index contributed by atoms with van der Waals surface area (Å²) >= 11 is 17.2. The normalized spacial score (nSPS) is 19.7. The van der Waals surface area contributed by atoms with E-state index < -0.39 is 0 Å². The van der Waals surface area contributed by atoms with Crippen molar-refractivity contribution < 1.29 is 0 Å². The lowest BCUT2D eigenvalue weighted by Crippen LogP contribution is -2.32. The predicted molar refractivity (Wildman–Crippen MR) is 173 cm³/mol. The molecular formula is C21H35N3S9. The lowest BCUT2D eigenvalue weighted by Gasteiger charge is -2.29. The first-order chi connectivity index (χ1) is 16.1. The van der Waals surface area contributed by atoms with Crippen molar-refractivity contribution in [2.24, 2.45) is 0 Å². The lowest BCUT2D eigenvalue weighted by atomic mass is 10.1. The Balaban J connectivity index is 1.41. The fourth-order valence-corrected chi connectivity index (χ4v) is 13.8. The van der Waals surface area contributed by atoms with Gasteiger partial charge in [0.2, 0.25) is 0 Å². The van der Waals surface area contributed by atoms with E-state index in [0.29, 0.717) is 5.25 Å². The topological polar surface area (TPSA) is 9.72 Å². The van der Waals surface area contributed by atoms with Crippen LogP contribution in [0.5, 0.6) is 0 Å². The summed E-state index contributed by atoms with van der Waals surface area (Å²) in [5, 5.41) is 0.515. The molecule has 12 heteroatoms. The highest BCUT2D eigenvalue weighted by molar-refractivity contribution is 8.86. The highest BCUT2D eigenvalue weighted by atomic mass is 33.1. The summed E-state index contributed by atoms with van der Waals surface area (Å²) in [6.07, 6.45) is 11.7. The van der Waals surface area contributed by atoms with Crippen molar-refractivity contribution in [1.29, 1.82) is 0 Å². The molecule has 3 rings (SSSR count). The van der Waals surface area contributed by atoms with Crippen LogP contribution in [0.3, 0.4) is 0 Å². The van der Waals surface area contributed by atoms with Gasteiger partial charge >= 0.3 is 0 Å². The molecule has 0 bridgehead atoms. The smallest absolute Gasteiger partial charge is 0.147 e. The molecule has 0 atom stereocenters. The standard InChI is InChI=1S/C21H35N3S9/c25-19(22-10-4-1-5-11-22)31-28-16-18(30-33-21(27)24-14-8-3-9-15-24)17-29-32-20(26)23-12-6-2-7-13-23/h18H,1-17H2. The van der Waals surface area contributed by atoms with E-state index in [2.05, 4.69) is 14.7 Å². The zero-order valence-electron chi connectivity index (χ0n) is 19.1. The molecule has 0 radical (unpaired) electrons. The van der Waals surface area contributed by atoms with Gasteiger partial charge in [-0.05, 0) is 90.2 Å². The van der Waals surface area contributed by atoms with Gasteiger partial charge in [0.1, 0.15) is 13.0 Å². The van der Waals surface area contributed by atoms with Crippen LogP contribution in [0, 0.1) is 0 Å². The van der Waals surface area contributed by atoms with E-state index in [4.69, 9.17) is 36.7 Å². The van der Waals surface area contributed by atoms with Crippen LogP contribution in [0.4, 0.5) is 0 Å². The summed E-state index contributed by atoms with van der Waals surface area (Å²) in [5.41, 5.74) is 0. The van der Waals surface area contributed by atoms with Gasteiger partial charge in [-0.25, -0.2) is 0 Å². The fraction of sp³-hybridized carbons (Fsp3) is 0.857. The van der Waals surface area contributed by atoms with Gasteiger partial charge in [-0.2, -0.15) is 0 Å². The van der Waals surface area contributed by atoms with Crippen LogP contribution in [0.15, 0.2) is 0 Å². The third kappa shape index (κ3) is 11.4. The molecule has 0 aliphatic carbocycles. The third-order valence-corrected chi connectivity index (χ3v) is 16.0. The van der Waals surface area contributed by atoms with E-state index in [1.807, 2.05) is 43.2 Å². The molecule has 3 heterocycles. The van der Waals surface area contributed by atoms with Crippen molar-refractivity contribution in [2.45, 2.75) is 63.0 Å². The van der Waals surface area contributed by atoms with E-state index in [0.717, 1.165) is 63.7 Å². The molecule has 3 aliphatic rings. The Labute approximate surface area is 240 Å². The molecule has 3 fully saturated rings. The van der Waals surface area contributed by atoms with Crippen molar-refractivity contribution >= 4 is 114 Å². The number of rotatable bonds is 8. The van der Waals surface area contributed by atoms with Gasteiger partial charge in [0.15, 0.2) is 0 Å². The van der Waals surface area contributed by atoms with E-state index in [9.17, 15) is 0 Å². The Morgan fingerprint density at radius 2 is 0.848 bits per heavy atom. The molecule has 0 amide bonds. The quantitative estimate of drug-likeness (QED) is 0.194. The lowest BCUT2D eigenvalue weighted by molar-refractivity contribution is 0.352. The van der Waals surface area contributed by atoms with Gasteiger partial charge in [0.05, 0.1) is 0 Å². The van der Waals surface area contributed by atoms with Gasteiger partial charge < -0.3 is 14.7 Å². The summed E-state index contributed by atoms with van der Waals surface area (Å²) in [4.78, 5) is 7.18. The van der Waals surface area contributed by atoms with Crippen LogP contribution >= 0.6 is 101 Å². The minimum absolute atomic E-state index is 0.515. The van der Waals surface area contributed by atoms with E-state index in [1.165, 1.54) is 57.8 Å². The summed E-state index contributed by atoms with van der Waals surface area (Å²) in [7, 11) is 11.2. The van der Waals surface area contributed by atoms with Crippen LogP contribution in [0.2, 0.25) is 0 Å². The molecule has 3 nitrogen and oxygen atoms in total. The van der Waals surface area contributed by atoms with Gasteiger partial charge in [0, 0.05) is 56.0 Å². The highest BCUT2D eigenvalue weighted by Gasteiger charge is 2.20. The van der Waals surface area contributed by atoms with Gasteiger partial charge in [0.25, 0.3) is 0 Å². The molecule has 0 spiro atoms. The van der Waals surface area contributed by atoms with Crippen molar-refractivity contribution in [3.8, 4) is 0 Å². The molecule has 33 heavy (non-hydrogen) atoms. The second kappa shape index (κ2) is 17.3. The molecule has 0 unspecified atom stereocenters. The maximum absolute atomic E-state index is 5.76. The molecule has 0 aromatic carbocycles. The predicted octanol–water partition coefficient (Wildman–Crippen LogP) is 7.81. The molecule has 0 saturated carbocycles. The molecule has 3 aliphatic heterocycles. The average molecular weight is 618 g/mol. The fourth-order valence-electron chi connectivity index (χ4n) is 3.92. The Kier molecular flexibility index (Phi) is 15.4. The van der Waals surface area contributed by atoms with Crippen LogP contribution in [-0.2, 0) is 0 Å². The van der Waals surface area contributed by atoms with Crippen LogP contribution < -0.4 is 0 Å². The van der Waals surface area contributed by atoms with Gasteiger partial charge in [-0.3, -0.25) is 0 Å². The second-order valence-corrected chi connectivity index (χ2v) is 17.6. The van der Waals surface area contributed by atoms with E-state index >= 15 is 0 Å². The molecular weight excluding hydrogens is 583 g/mol. The van der Waals surface area contributed by atoms with E-state index in [-0.39, 0.29) is 0 Å². The zero-order valence-corrected chi connectivity index (χ0v) is 26.5. The molecule has 0 aromatic heterocycles. The van der Waals surface area contributed by atoms with Gasteiger partial charge in [-0.1, -0.05) is 69.0 Å². The van der Waals surface area contributed by atoms with Crippen LogP contribution in [0.25, 0.3) is 0 Å². The number of hydrogen-bond donors (Lipinski definition) is 0. The molecule has 188 valence electrons. The van der Waals surface area contributed by atoms with Crippen molar-refractivity contribution in [3.05, 3.63) is 0 Å². The minimum Gasteiger partial charge on any atom is -0.357 e. The number of piperidine rings is 3. The Bertz CT molecular complexity index is 582. The highest BCUT2D eigenvalue weighted by Crippen LogP contribution is 2.39. The minimum atomic E-state index is 0.515. The SMILES string of the molecule is S=C(SSCC(CSSC(=S)N1CCCCC1)SSC(=S)N1CCCCC1)N1CCCCC1. The molecule has 0 aromatic rings. The first-order valence-corrected chi connectivity index (χ1v) is 20.0. The average Bonchev–Trinajstić information content (AvgIpc) is 2.88. The third-order valence-electron chi connectivity index (χ3n) is 5.87. The zero-order chi connectivity index (χ0) is 23.3. The second-order valence-electron chi connectivity index (χ2n) is 8.48. The van der Waals surface area contributed by atoms with Crippen molar-refractivity contribution in [3.63, 3.8) is 0 Å². The van der Waals surface area contributed by atoms with Crippen LogP contribution in [-0.4, -0.2) is 83.7 Å². The summed E-state index contributed by atoms with van der Waals surface area (Å²) in [6, 6.07) is 0. The maximum Gasteiger partial charge on any atom is 0.147 e. The Morgan fingerprint density at radius 1 is 0.515 bits per heavy atom. The van der Waals surface area contributed by atoms with Gasteiger partial charge in [-0.15, -0.1) is 0 Å². The summed E-state index contributed by atoms with van der Waals surface area (Å²) < 4.78 is 3.19. The number of nitrogens with zero attached hydrogens (tertiary/aromatic N) is 3. The summed E-state index contributed by atoms with van der Waals surface area (Å²) in [5.74, 6) is 2.14. The molecule has 3 saturated heterocycles. The maximum atomic E-state index is 5.76. The van der Waals surface area contributed by atoms with Crippen molar-refractivity contribution in [1.82, 2.24) is 14.7 Å². The van der Waals surface area contributed by atoms with Crippen molar-refractivity contribution in [2.75, 3.05) is 50.8 Å². The molecule has 0 N–H and O–H groups in total. The monoisotopic (exact) mass is 617 g/mol. The number of thiocarbonyl (C=S) groups is 3.